The Hall–Kier alpha value is -1.92. The van der Waals surface area contributed by atoms with Gasteiger partial charge in [0.15, 0.2) is 0 Å². The van der Waals surface area contributed by atoms with E-state index in [0.29, 0.717) is 10.8 Å². The Bertz CT molecular complexity index is 625. The molecule has 22 heavy (non-hydrogen) atoms. The van der Waals surface area contributed by atoms with Gasteiger partial charge in [-0.1, -0.05) is 11.6 Å². The summed E-state index contributed by atoms with van der Waals surface area (Å²) in [5, 5.41) is 10.7. The van der Waals surface area contributed by atoms with E-state index >= 15 is 0 Å². The van der Waals surface area contributed by atoms with Gasteiger partial charge in [-0.2, -0.15) is 5.10 Å². The van der Waals surface area contributed by atoms with Crippen molar-refractivity contribution in [3.63, 3.8) is 0 Å². The molecule has 7 heteroatoms. The largest absolute Gasteiger partial charge is 0.310 e. The van der Waals surface area contributed by atoms with E-state index in [4.69, 9.17) is 11.6 Å². The summed E-state index contributed by atoms with van der Waals surface area (Å²) in [6.45, 7) is 6.29. The van der Waals surface area contributed by atoms with Crippen LogP contribution >= 0.6 is 11.6 Å². The molecule has 6 nitrogen and oxygen atoms in total. The molecule has 0 aliphatic rings. The predicted octanol–water partition coefficient (Wildman–Crippen LogP) is 2.42. The fourth-order valence-electron chi connectivity index (χ4n) is 1.95. The molecule has 118 valence electrons. The van der Waals surface area contributed by atoms with Gasteiger partial charge in [0.1, 0.15) is 5.82 Å². The molecule has 2 aromatic heterocycles. The molecule has 0 saturated heterocycles. The van der Waals surface area contributed by atoms with E-state index < -0.39 is 0 Å². The summed E-state index contributed by atoms with van der Waals surface area (Å²) < 4.78 is 1.89. The number of rotatable bonds is 6. The summed E-state index contributed by atoms with van der Waals surface area (Å²) in [6, 6.07) is 3.60. The van der Waals surface area contributed by atoms with Gasteiger partial charge in [-0.25, -0.2) is 4.98 Å². The zero-order valence-corrected chi connectivity index (χ0v) is 13.6. The lowest BCUT2D eigenvalue weighted by molar-refractivity contribution is -0.115. The van der Waals surface area contributed by atoms with E-state index in [0.717, 1.165) is 5.56 Å². The smallest absolute Gasteiger partial charge is 0.239 e. The van der Waals surface area contributed by atoms with E-state index in [2.05, 4.69) is 27.6 Å². The Morgan fingerprint density at radius 1 is 1.36 bits per heavy atom. The summed E-state index contributed by atoms with van der Waals surface area (Å²) in [5.41, 5.74) is 1.12. The molecular weight excluding hydrogens is 302 g/mol. The highest BCUT2D eigenvalue weighted by Gasteiger charge is 2.15. The lowest BCUT2D eigenvalue weighted by Gasteiger charge is -2.21. The highest BCUT2D eigenvalue weighted by molar-refractivity contribution is 6.30. The van der Waals surface area contributed by atoms with Crippen LogP contribution in [-0.4, -0.2) is 33.3 Å². The monoisotopic (exact) mass is 321 g/mol. The van der Waals surface area contributed by atoms with Crippen LogP contribution in [0.5, 0.6) is 0 Å². The van der Waals surface area contributed by atoms with Gasteiger partial charge >= 0.3 is 0 Å². The first-order valence-corrected chi connectivity index (χ1v) is 7.49. The van der Waals surface area contributed by atoms with E-state index in [9.17, 15) is 4.79 Å². The van der Waals surface area contributed by atoms with Crippen molar-refractivity contribution in [1.82, 2.24) is 20.1 Å². The second-order valence-corrected chi connectivity index (χ2v) is 5.75. The number of nitrogens with zero attached hydrogens (tertiary/aromatic N) is 3. The Kier molecular flexibility index (Phi) is 5.51. The maximum Gasteiger partial charge on any atom is 0.239 e. The summed E-state index contributed by atoms with van der Waals surface area (Å²) >= 11 is 5.75. The van der Waals surface area contributed by atoms with Crippen LogP contribution in [0.15, 0.2) is 30.7 Å². The van der Waals surface area contributed by atoms with Gasteiger partial charge in [-0.3, -0.25) is 9.48 Å². The Balaban J connectivity index is 1.81. The minimum atomic E-state index is -0.148. The Labute approximate surface area is 134 Å². The molecule has 1 amide bonds. The third-order valence-corrected chi connectivity index (χ3v) is 3.67. The SMILES string of the molecule is Cc1cnn([C@@H](C)[C@@H](C)NCC(=O)Nc2ccc(Cl)cn2)c1. The summed E-state index contributed by atoms with van der Waals surface area (Å²) in [7, 11) is 0. The predicted molar refractivity (Wildman–Crippen MR) is 87.0 cm³/mol. The third-order valence-electron chi connectivity index (χ3n) is 3.45. The molecule has 2 heterocycles. The van der Waals surface area contributed by atoms with Crippen LogP contribution in [0.1, 0.15) is 25.5 Å². The van der Waals surface area contributed by atoms with Crippen molar-refractivity contribution in [2.45, 2.75) is 32.9 Å². The van der Waals surface area contributed by atoms with E-state index in [1.54, 1.807) is 12.1 Å². The number of carbonyl (C=O) groups is 1. The molecule has 0 radical (unpaired) electrons. The summed E-state index contributed by atoms with van der Waals surface area (Å²) in [4.78, 5) is 15.9. The van der Waals surface area contributed by atoms with Gasteiger partial charge in [0.05, 0.1) is 23.8 Å². The zero-order chi connectivity index (χ0) is 16.1. The van der Waals surface area contributed by atoms with Crippen molar-refractivity contribution in [2.24, 2.45) is 0 Å². The van der Waals surface area contributed by atoms with Gasteiger partial charge in [0, 0.05) is 18.4 Å². The van der Waals surface area contributed by atoms with E-state index in [1.807, 2.05) is 30.9 Å². The van der Waals surface area contributed by atoms with Crippen molar-refractivity contribution in [1.29, 1.82) is 0 Å². The molecule has 0 saturated carbocycles. The maximum absolute atomic E-state index is 11.9. The number of anilines is 1. The maximum atomic E-state index is 11.9. The minimum Gasteiger partial charge on any atom is -0.310 e. The number of carbonyl (C=O) groups excluding carboxylic acids is 1. The summed E-state index contributed by atoms with van der Waals surface area (Å²) in [6.07, 6.45) is 5.30. The number of amides is 1. The molecule has 2 rings (SSSR count). The lowest BCUT2D eigenvalue weighted by Crippen LogP contribution is -2.39. The van der Waals surface area contributed by atoms with Crippen LogP contribution in [0, 0.1) is 6.92 Å². The molecule has 0 aromatic carbocycles. The van der Waals surface area contributed by atoms with Gasteiger partial charge in [-0.05, 0) is 38.5 Å². The van der Waals surface area contributed by atoms with Crippen LogP contribution in [0.2, 0.25) is 5.02 Å². The highest BCUT2D eigenvalue weighted by atomic mass is 35.5. The molecular formula is C15H20ClN5O. The Morgan fingerprint density at radius 2 is 2.14 bits per heavy atom. The van der Waals surface area contributed by atoms with Crippen molar-refractivity contribution in [2.75, 3.05) is 11.9 Å². The van der Waals surface area contributed by atoms with Crippen LogP contribution < -0.4 is 10.6 Å². The third kappa shape index (κ3) is 4.54. The van der Waals surface area contributed by atoms with E-state index in [1.165, 1.54) is 6.20 Å². The van der Waals surface area contributed by atoms with Gasteiger partial charge in [0.2, 0.25) is 5.91 Å². The summed E-state index contributed by atoms with van der Waals surface area (Å²) in [5.74, 6) is 0.338. The van der Waals surface area contributed by atoms with Crippen molar-refractivity contribution in [3.8, 4) is 0 Å². The van der Waals surface area contributed by atoms with Gasteiger partial charge < -0.3 is 10.6 Å². The molecule has 0 fully saturated rings. The number of pyridine rings is 1. The van der Waals surface area contributed by atoms with Crippen LogP contribution in [0.3, 0.4) is 0 Å². The second kappa shape index (κ2) is 7.38. The van der Waals surface area contributed by atoms with Gasteiger partial charge in [0.25, 0.3) is 0 Å². The van der Waals surface area contributed by atoms with Crippen LogP contribution in [0.25, 0.3) is 0 Å². The molecule has 2 atom stereocenters. The molecule has 0 unspecified atom stereocenters. The zero-order valence-electron chi connectivity index (χ0n) is 12.9. The second-order valence-electron chi connectivity index (χ2n) is 5.32. The minimum absolute atomic E-state index is 0.100. The number of halogens is 1. The topological polar surface area (TPSA) is 71.8 Å². The van der Waals surface area contributed by atoms with Gasteiger partial charge in [-0.15, -0.1) is 0 Å². The molecule has 0 aliphatic carbocycles. The molecule has 0 aliphatic heterocycles. The molecule has 0 bridgehead atoms. The molecule has 2 N–H and O–H groups in total. The Morgan fingerprint density at radius 3 is 2.73 bits per heavy atom. The first kappa shape index (κ1) is 16.5. The van der Waals surface area contributed by atoms with E-state index in [-0.39, 0.29) is 24.5 Å². The molecule has 2 aromatic rings. The fraction of sp³-hybridized carbons (Fsp3) is 0.400. The quantitative estimate of drug-likeness (QED) is 0.857. The van der Waals surface area contributed by atoms with Crippen molar-refractivity contribution >= 4 is 23.3 Å². The number of aromatic nitrogens is 3. The number of nitrogens with one attached hydrogen (secondary N) is 2. The van der Waals surface area contributed by atoms with Crippen LogP contribution in [-0.2, 0) is 4.79 Å². The first-order valence-electron chi connectivity index (χ1n) is 7.11. The normalized spacial score (nSPS) is 13.6. The average molecular weight is 322 g/mol. The average Bonchev–Trinajstić information content (AvgIpc) is 2.93. The number of hydrogen-bond donors (Lipinski definition) is 2. The lowest BCUT2D eigenvalue weighted by atomic mass is 10.2. The highest BCUT2D eigenvalue weighted by Crippen LogP contribution is 2.11. The van der Waals surface area contributed by atoms with Crippen molar-refractivity contribution in [3.05, 3.63) is 41.3 Å². The van der Waals surface area contributed by atoms with Crippen molar-refractivity contribution < 1.29 is 4.79 Å². The van der Waals surface area contributed by atoms with Crippen LogP contribution in [0.4, 0.5) is 5.82 Å². The standard InChI is InChI=1S/C15H20ClN5O/c1-10-6-19-21(9-10)12(3)11(2)17-8-15(22)20-14-5-4-13(16)7-18-14/h4-7,9,11-12,17H,8H2,1-3H3,(H,18,20,22)/t11-,12+/m1/s1. The fourth-order valence-corrected chi connectivity index (χ4v) is 2.06. The number of hydrogen-bond acceptors (Lipinski definition) is 4. The molecule has 0 spiro atoms. The first-order chi connectivity index (χ1) is 10.5. The number of aryl methyl sites for hydroxylation is 1.